The average Bonchev–Trinajstić information content (AvgIpc) is 2.62. The third-order valence-electron chi connectivity index (χ3n) is 5.03. The summed E-state index contributed by atoms with van der Waals surface area (Å²) in [7, 11) is 0. The van der Waals surface area contributed by atoms with Crippen LogP contribution in [-0.4, -0.2) is 31.1 Å². The Morgan fingerprint density at radius 2 is 1.33 bits per heavy atom. The van der Waals surface area contributed by atoms with Crippen molar-refractivity contribution in [1.82, 2.24) is 4.90 Å². The van der Waals surface area contributed by atoms with Crippen LogP contribution in [0.15, 0.2) is 48.5 Å². The van der Waals surface area contributed by atoms with Crippen molar-refractivity contribution in [2.24, 2.45) is 11.7 Å². The summed E-state index contributed by atoms with van der Waals surface area (Å²) in [5.74, 6) is 0.262. The van der Waals surface area contributed by atoms with Gasteiger partial charge in [0, 0.05) is 12.5 Å². The number of benzene rings is 2. The Balaban J connectivity index is 1.79. The van der Waals surface area contributed by atoms with E-state index in [1.165, 1.54) is 24.3 Å². The van der Waals surface area contributed by atoms with Gasteiger partial charge in [0.15, 0.2) is 0 Å². The largest absolute Gasteiger partial charge is 0.330 e. The van der Waals surface area contributed by atoms with Crippen molar-refractivity contribution in [2.45, 2.75) is 18.8 Å². The first-order valence-electron chi connectivity index (χ1n) is 8.59. The Kier molecular flexibility index (Phi) is 5.59. The molecule has 2 N–H and O–H groups in total. The van der Waals surface area contributed by atoms with Crippen molar-refractivity contribution >= 4 is 0 Å². The first-order chi connectivity index (χ1) is 11.7. The lowest BCUT2D eigenvalue weighted by Crippen LogP contribution is -2.38. The molecule has 1 heterocycles. The van der Waals surface area contributed by atoms with Gasteiger partial charge in [-0.05, 0) is 73.8 Å². The Morgan fingerprint density at radius 3 is 1.75 bits per heavy atom. The van der Waals surface area contributed by atoms with E-state index in [1.54, 1.807) is 0 Å². The molecule has 0 aliphatic carbocycles. The van der Waals surface area contributed by atoms with Crippen molar-refractivity contribution in [3.8, 4) is 0 Å². The van der Waals surface area contributed by atoms with E-state index in [4.69, 9.17) is 5.73 Å². The van der Waals surface area contributed by atoms with Crippen LogP contribution >= 0.6 is 0 Å². The molecule has 0 aromatic heterocycles. The Morgan fingerprint density at radius 1 is 0.875 bits per heavy atom. The quantitative estimate of drug-likeness (QED) is 0.904. The fourth-order valence-electron chi connectivity index (χ4n) is 3.46. The third-order valence-corrected chi connectivity index (χ3v) is 5.03. The summed E-state index contributed by atoms with van der Waals surface area (Å²) in [6.45, 7) is 3.67. The first-order valence-corrected chi connectivity index (χ1v) is 8.59. The minimum Gasteiger partial charge on any atom is -0.330 e. The highest BCUT2D eigenvalue weighted by Gasteiger charge is 2.23. The number of piperidine rings is 1. The van der Waals surface area contributed by atoms with Gasteiger partial charge >= 0.3 is 0 Å². The number of hydrogen-bond donors (Lipinski definition) is 1. The molecule has 1 fully saturated rings. The molecule has 2 nitrogen and oxygen atoms in total. The van der Waals surface area contributed by atoms with Gasteiger partial charge in [0.25, 0.3) is 0 Å². The van der Waals surface area contributed by atoms with E-state index >= 15 is 0 Å². The molecule has 2 aromatic rings. The Labute approximate surface area is 142 Å². The minimum atomic E-state index is -0.236. The van der Waals surface area contributed by atoms with Crippen LogP contribution < -0.4 is 5.73 Å². The molecule has 24 heavy (non-hydrogen) atoms. The first kappa shape index (κ1) is 17.1. The van der Waals surface area contributed by atoms with Crippen molar-refractivity contribution in [1.29, 1.82) is 0 Å². The zero-order valence-corrected chi connectivity index (χ0v) is 13.8. The number of hydrogen-bond acceptors (Lipinski definition) is 2. The molecule has 0 unspecified atom stereocenters. The lowest BCUT2D eigenvalue weighted by Gasteiger charge is -2.34. The molecule has 1 aliphatic rings. The molecule has 1 saturated heterocycles. The number of nitrogens with zero attached hydrogens (tertiary/aromatic N) is 1. The van der Waals surface area contributed by atoms with Gasteiger partial charge in [-0.15, -0.1) is 0 Å². The topological polar surface area (TPSA) is 29.3 Å². The van der Waals surface area contributed by atoms with Crippen LogP contribution in [0.1, 0.15) is 29.9 Å². The van der Waals surface area contributed by atoms with Crippen LogP contribution in [0.4, 0.5) is 8.78 Å². The fraction of sp³-hybridized carbons (Fsp3) is 0.400. The molecule has 0 radical (unpaired) electrons. The molecule has 0 atom stereocenters. The van der Waals surface area contributed by atoms with E-state index in [0.717, 1.165) is 50.1 Å². The average molecular weight is 330 g/mol. The van der Waals surface area contributed by atoms with Crippen LogP contribution in [0.3, 0.4) is 0 Å². The molecule has 3 rings (SSSR count). The van der Waals surface area contributed by atoms with Gasteiger partial charge < -0.3 is 10.6 Å². The van der Waals surface area contributed by atoms with Gasteiger partial charge in [0.2, 0.25) is 0 Å². The number of nitrogens with two attached hydrogens (primary N) is 1. The van der Waals surface area contributed by atoms with Crippen molar-refractivity contribution < 1.29 is 8.78 Å². The summed E-state index contributed by atoms with van der Waals surface area (Å²) in [5, 5.41) is 0. The van der Waals surface area contributed by atoms with Gasteiger partial charge in [-0.1, -0.05) is 24.3 Å². The predicted molar refractivity (Wildman–Crippen MR) is 92.9 cm³/mol. The molecule has 128 valence electrons. The number of likely N-dealkylation sites (tertiary alicyclic amines) is 1. The summed E-state index contributed by atoms with van der Waals surface area (Å²) in [4.78, 5) is 2.43. The van der Waals surface area contributed by atoms with Gasteiger partial charge in [0.05, 0.1) is 0 Å². The smallest absolute Gasteiger partial charge is 0.123 e. The third kappa shape index (κ3) is 4.19. The maximum atomic E-state index is 13.3. The summed E-state index contributed by atoms with van der Waals surface area (Å²) >= 11 is 0. The van der Waals surface area contributed by atoms with Crippen molar-refractivity contribution in [3.63, 3.8) is 0 Å². The standard InChI is InChI=1S/C20H24F2N2/c21-18-5-1-16(2-6-18)20(17-3-7-19(22)8-4-17)14-24-11-9-15(13-23)10-12-24/h1-8,15,20H,9-14,23H2. The van der Waals surface area contributed by atoms with Crippen LogP contribution in [0.2, 0.25) is 0 Å². The summed E-state index contributed by atoms with van der Waals surface area (Å²) in [6.07, 6.45) is 2.24. The van der Waals surface area contributed by atoms with E-state index in [2.05, 4.69) is 4.90 Å². The van der Waals surface area contributed by atoms with E-state index in [1.807, 2.05) is 24.3 Å². The summed E-state index contributed by atoms with van der Waals surface area (Å²) in [6, 6.07) is 13.3. The van der Waals surface area contributed by atoms with Crippen LogP contribution in [0, 0.1) is 17.6 Å². The number of rotatable bonds is 5. The lowest BCUT2D eigenvalue weighted by molar-refractivity contribution is 0.183. The molecule has 0 saturated carbocycles. The second-order valence-electron chi connectivity index (χ2n) is 6.64. The van der Waals surface area contributed by atoms with E-state index in [9.17, 15) is 8.78 Å². The fourth-order valence-corrected chi connectivity index (χ4v) is 3.46. The SMILES string of the molecule is NCC1CCN(CC(c2ccc(F)cc2)c2ccc(F)cc2)CC1. The van der Waals surface area contributed by atoms with E-state index in [-0.39, 0.29) is 17.6 Å². The van der Waals surface area contributed by atoms with Crippen LogP contribution in [0.5, 0.6) is 0 Å². The van der Waals surface area contributed by atoms with Gasteiger partial charge in [0.1, 0.15) is 11.6 Å². The molecule has 0 spiro atoms. The molecular weight excluding hydrogens is 306 g/mol. The maximum absolute atomic E-state index is 13.3. The van der Waals surface area contributed by atoms with Crippen LogP contribution in [-0.2, 0) is 0 Å². The summed E-state index contributed by atoms with van der Waals surface area (Å²) < 4.78 is 26.5. The molecule has 4 heteroatoms. The minimum absolute atomic E-state index is 0.112. The molecule has 0 amide bonds. The highest BCUT2D eigenvalue weighted by atomic mass is 19.1. The number of halogens is 2. The highest BCUT2D eigenvalue weighted by Crippen LogP contribution is 2.28. The normalized spacial score (nSPS) is 16.7. The van der Waals surface area contributed by atoms with Gasteiger partial charge in [-0.2, -0.15) is 0 Å². The van der Waals surface area contributed by atoms with Gasteiger partial charge in [-0.25, -0.2) is 8.78 Å². The lowest BCUT2D eigenvalue weighted by atomic mass is 9.89. The van der Waals surface area contributed by atoms with Gasteiger partial charge in [-0.3, -0.25) is 0 Å². The predicted octanol–water partition coefficient (Wildman–Crippen LogP) is 3.77. The zero-order chi connectivity index (χ0) is 16.9. The molecule has 2 aromatic carbocycles. The van der Waals surface area contributed by atoms with E-state index < -0.39 is 0 Å². The van der Waals surface area contributed by atoms with Crippen molar-refractivity contribution in [2.75, 3.05) is 26.2 Å². The highest BCUT2D eigenvalue weighted by molar-refractivity contribution is 5.33. The molecule has 0 bridgehead atoms. The maximum Gasteiger partial charge on any atom is 0.123 e. The second kappa shape index (κ2) is 7.86. The van der Waals surface area contributed by atoms with E-state index in [0.29, 0.717) is 5.92 Å². The molecular formula is C20H24F2N2. The van der Waals surface area contributed by atoms with Crippen molar-refractivity contribution in [3.05, 3.63) is 71.3 Å². The second-order valence-corrected chi connectivity index (χ2v) is 6.64. The molecule has 1 aliphatic heterocycles. The van der Waals surface area contributed by atoms with Crippen LogP contribution in [0.25, 0.3) is 0 Å². The Hall–Kier alpha value is -1.78. The zero-order valence-electron chi connectivity index (χ0n) is 13.8. The Bertz CT molecular complexity index is 586. The summed E-state index contributed by atoms with van der Waals surface area (Å²) in [5.41, 5.74) is 7.89. The monoisotopic (exact) mass is 330 g/mol.